The van der Waals surface area contributed by atoms with Gasteiger partial charge in [-0.1, -0.05) is 18.2 Å². The van der Waals surface area contributed by atoms with Crippen LogP contribution < -0.4 is 5.73 Å². The largest absolute Gasteiger partial charge is 0.436 e. The van der Waals surface area contributed by atoms with Gasteiger partial charge in [0.1, 0.15) is 5.76 Å². The summed E-state index contributed by atoms with van der Waals surface area (Å²) in [5, 5.41) is 0.674. The Morgan fingerprint density at radius 1 is 1.29 bits per heavy atom. The number of aryl methyl sites for hydroxylation is 2. The minimum absolute atomic E-state index is 0.0101. The maximum atomic E-state index is 5.94. The summed E-state index contributed by atoms with van der Waals surface area (Å²) < 4.78 is 5.56. The van der Waals surface area contributed by atoms with Gasteiger partial charge in [-0.05, 0) is 44.2 Å². The first-order valence-corrected chi connectivity index (χ1v) is 6.36. The summed E-state index contributed by atoms with van der Waals surface area (Å²) in [6.45, 7) is 5.84. The van der Waals surface area contributed by atoms with Gasteiger partial charge in [-0.25, -0.2) is 4.98 Å². The van der Waals surface area contributed by atoms with Gasteiger partial charge >= 0.3 is 0 Å². The Balaban J connectivity index is 2.29. The highest BCUT2D eigenvalue weighted by Gasteiger charge is 2.11. The number of aromatic nitrogens is 1. The van der Waals surface area contributed by atoms with Crippen molar-refractivity contribution in [3.63, 3.8) is 0 Å². The maximum Gasteiger partial charge on any atom is 0.261 e. The number of rotatable bonds is 3. The van der Waals surface area contributed by atoms with Gasteiger partial charge < -0.3 is 10.2 Å². The summed E-state index contributed by atoms with van der Waals surface area (Å²) in [5.41, 5.74) is 7.99. The third kappa shape index (κ3) is 2.70. The average Bonchev–Trinajstić information content (AvgIpc) is 2.58. The van der Waals surface area contributed by atoms with Gasteiger partial charge in [0.15, 0.2) is 0 Å². The van der Waals surface area contributed by atoms with Crippen LogP contribution in [-0.4, -0.2) is 4.98 Å². The third-order valence-corrected chi connectivity index (χ3v) is 3.56. The first-order valence-electron chi connectivity index (χ1n) is 5.54. The van der Waals surface area contributed by atoms with E-state index in [1.54, 1.807) is 0 Å². The summed E-state index contributed by atoms with van der Waals surface area (Å²) in [7, 11) is 0. The first-order chi connectivity index (χ1) is 8.08. The van der Waals surface area contributed by atoms with Crippen molar-refractivity contribution in [2.75, 3.05) is 0 Å². The summed E-state index contributed by atoms with van der Waals surface area (Å²) in [6.07, 6.45) is 0. The molecule has 1 aromatic carbocycles. The van der Waals surface area contributed by atoms with Crippen LogP contribution in [0.3, 0.4) is 0 Å². The molecule has 1 atom stereocenters. The Bertz CT molecular complexity index is 500. The molecule has 90 valence electrons. The molecule has 0 saturated carbocycles. The van der Waals surface area contributed by atoms with Gasteiger partial charge in [0.25, 0.3) is 5.22 Å². The molecule has 2 rings (SSSR count). The quantitative estimate of drug-likeness (QED) is 0.903. The van der Waals surface area contributed by atoms with E-state index in [0.29, 0.717) is 5.22 Å². The summed E-state index contributed by atoms with van der Waals surface area (Å²) in [6, 6.07) is 8.08. The topological polar surface area (TPSA) is 52.0 Å². The van der Waals surface area contributed by atoms with Crippen molar-refractivity contribution in [2.24, 2.45) is 5.73 Å². The molecule has 2 N–H and O–H groups in total. The molecule has 0 aliphatic carbocycles. The predicted molar refractivity (Wildman–Crippen MR) is 69.1 cm³/mol. The number of oxazole rings is 1. The molecule has 0 fully saturated rings. The van der Waals surface area contributed by atoms with E-state index < -0.39 is 0 Å². The van der Waals surface area contributed by atoms with Crippen molar-refractivity contribution in [3.8, 4) is 0 Å². The van der Waals surface area contributed by atoms with E-state index in [4.69, 9.17) is 10.2 Å². The monoisotopic (exact) mass is 248 g/mol. The highest BCUT2D eigenvalue weighted by Crippen LogP contribution is 2.32. The van der Waals surface area contributed by atoms with Gasteiger partial charge in [0.2, 0.25) is 0 Å². The predicted octanol–water partition coefficient (Wildman–Crippen LogP) is 3.46. The summed E-state index contributed by atoms with van der Waals surface area (Å²) >= 11 is 1.52. The fourth-order valence-electron chi connectivity index (χ4n) is 1.53. The molecule has 2 aromatic rings. The molecular formula is C13H16N2OS. The average molecular weight is 248 g/mol. The first kappa shape index (κ1) is 12.2. The SMILES string of the molecule is Cc1nc(Sc2ccccc2C(C)N)oc1C. The molecule has 1 aromatic heterocycles. The zero-order chi connectivity index (χ0) is 12.4. The number of nitrogens with zero attached hydrogens (tertiary/aromatic N) is 1. The highest BCUT2D eigenvalue weighted by molar-refractivity contribution is 7.99. The van der Waals surface area contributed by atoms with Crippen molar-refractivity contribution in [1.82, 2.24) is 4.98 Å². The fraction of sp³-hybridized carbons (Fsp3) is 0.308. The lowest BCUT2D eigenvalue weighted by molar-refractivity contribution is 0.431. The number of hydrogen-bond donors (Lipinski definition) is 1. The molecule has 0 bridgehead atoms. The molecule has 0 saturated heterocycles. The van der Waals surface area contributed by atoms with E-state index in [1.807, 2.05) is 45.0 Å². The van der Waals surface area contributed by atoms with Crippen molar-refractivity contribution in [3.05, 3.63) is 41.3 Å². The second-order valence-corrected chi connectivity index (χ2v) is 5.04. The number of nitrogens with two attached hydrogens (primary N) is 1. The molecule has 0 aliphatic heterocycles. The van der Waals surface area contributed by atoms with Crippen molar-refractivity contribution < 1.29 is 4.42 Å². The van der Waals surface area contributed by atoms with E-state index in [0.717, 1.165) is 21.9 Å². The minimum Gasteiger partial charge on any atom is -0.436 e. The second-order valence-electron chi connectivity index (χ2n) is 4.05. The summed E-state index contributed by atoms with van der Waals surface area (Å²) in [5.74, 6) is 0.866. The minimum atomic E-state index is 0.0101. The molecule has 0 radical (unpaired) electrons. The zero-order valence-corrected chi connectivity index (χ0v) is 11.0. The lowest BCUT2D eigenvalue weighted by Gasteiger charge is -2.09. The van der Waals surface area contributed by atoms with Crippen LogP contribution in [0.4, 0.5) is 0 Å². The van der Waals surface area contributed by atoms with Gasteiger partial charge in [-0.2, -0.15) is 0 Å². The van der Waals surface area contributed by atoms with Gasteiger partial charge in [-0.15, -0.1) is 0 Å². The van der Waals surface area contributed by atoms with Crippen LogP contribution in [0.1, 0.15) is 30.0 Å². The maximum absolute atomic E-state index is 5.94. The molecule has 1 unspecified atom stereocenters. The Morgan fingerprint density at radius 3 is 2.59 bits per heavy atom. The molecule has 17 heavy (non-hydrogen) atoms. The van der Waals surface area contributed by atoms with E-state index in [9.17, 15) is 0 Å². The molecule has 4 heteroatoms. The second kappa shape index (κ2) is 4.94. The Labute approximate surface area is 105 Å². The van der Waals surface area contributed by atoms with Crippen LogP contribution >= 0.6 is 11.8 Å². The third-order valence-electron chi connectivity index (χ3n) is 2.62. The van der Waals surface area contributed by atoms with E-state index in [1.165, 1.54) is 11.8 Å². The molecule has 0 aliphatic rings. The van der Waals surface area contributed by atoms with Crippen molar-refractivity contribution in [2.45, 2.75) is 36.9 Å². The van der Waals surface area contributed by atoms with Crippen LogP contribution in [0, 0.1) is 13.8 Å². The fourth-order valence-corrected chi connectivity index (χ4v) is 2.59. The Morgan fingerprint density at radius 2 is 2.00 bits per heavy atom. The number of hydrogen-bond acceptors (Lipinski definition) is 4. The van der Waals surface area contributed by atoms with Gasteiger partial charge in [0.05, 0.1) is 5.69 Å². The van der Waals surface area contributed by atoms with Crippen LogP contribution in [0.2, 0.25) is 0 Å². The normalized spacial score (nSPS) is 12.7. The standard InChI is InChI=1S/C13H16N2OS/c1-8(14)11-6-4-5-7-12(11)17-13-15-9(2)10(3)16-13/h4-8H,14H2,1-3H3. The molecule has 0 spiro atoms. The van der Waals surface area contributed by atoms with Crippen LogP contribution in [0.5, 0.6) is 0 Å². The lowest BCUT2D eigenvalue weighted by atomic mass is 10.1. The van der Waals surface area contributed by atoms with Crippen molar-refractivity contribution in [1.29, 1.82) is 0 Å². The smallest absolute Gasteiger partial charge is 0.261 e. The van der Waals surface area contributed by atoms with E-state index >= 15 is 0 Å². The summed E-state index contributed by atoms with van der Waals surface area (Å²) in [4.78, 5) is 5.46. The Hall–Kier alpha value is -1.26. The van der Waals surface area contributed by atoms with Gasteiger partial charge in [0, 0.05) is 10.9 Å². The highest BCUT2D eigenvalue weighted by atomic mass is 32.2. The van der Waals surface area contributed by atoms with Crippen LogP contribution in [0.25, 0.3) is 0 Å². The van der Waals surface area contributed by atoms with Gasteiger partial charge in [-0.3, -0.25) is 0 Å². The Kier molecular flexibility index (Phi) is 3.54. The van der Waals surface area contributed by atoms with Crippen molar-refractivity contribution >= 4 is 11.8 Å². The van der Waals surface area contributed by atoms with E-state index in [2.05, 4.69) is 4.98 Å². The number of benzene rings is 1. The molecule has 3 nitrogen and oxygen atoms in total. The zero-order valence-electron chi connectivity index (χ0n) is 10.2. The van der Waals surface area contributed by atoms with Crippen LogP contribution in [0.15, 0.2) is 38.8 Å². The van der Waals surface area contributed by atoms with Crippen LogP contribution in [-0.2, 0) is 0 Å². The lowest BCUT2D eigenvalue weighted by Crippen LogP contribution is -2.05. The van der Waals surface area contributed by atoms with E-state index in [-0.39, 0.29) is 6.04 Å². The molecule has 1 heterocycles. The molecule has 0 amide bonds. The molecular weight excluding hydrogens is 232 g/mol.